The van der Waals surface area contributed by atoms with Gasteiger partial charge >= 0.3 is 0 Å². The molecule has 0 aliphatic heterocycles. The van der Waals surface area contributed by atoms with Gasteiger partial charge in [-0.25, -0.2) is 8.42 Å². The van der Waals surface area contributed by atoms with Crippen molar-refractivity contribution < 1.29 is 17.9 Å². The lowest BCUT2D eigenvalue weighted by Gasteiger charge is -2.15. The van der Waals surface area contributed by atoms with E-state index in [4.69, 9.17) is 4.74 Å². The van der Waals surface area contributed by atoms with Crippen molar-refractivity contribution in [3.63, 3.8) is 0 Å². The second kappa shape index (κ2) is 8.46. The summed E-state index contributed by atoms with van der Waals surface area (Å²) in [5.41, 5.74) is 0.575. The highest BCUT2D eigenvalue weighted by molar-refractivity contribution is 9.10. The highest BCUT2D eigenvalue weighted by atomic mass is 79.9. The number of carbonyl (C=O) groups excluding carboxylic acids is 1. The molecule has 0 aromatic heterocycles. The Hall–Kier alpha value is -1.90. The summed E-state index contributed by atoms with van der Waals surface area (Å²) >= 11 is 3.31. The zero-order valence-corrected chi connectivity index (χ0v) is 16.2. The van der Waals surface area contributed by atoms with E-state index < -0.39 is 22.0 Å². The highest BCUT2D eigenvalue weighted by Crippen LogP contribution is 2.17. The summed E-state index contributed by atoms with van der Waals surface area (Å²) in [5, 5.41) is 2.67. The molecule has 0 heterocycles. The molecule has 0 spiro atoms. The molecule has 2 N–H and O–H groups in total. The number of sulfonamides is 1. The van der Waals surface area contributed by atoms with Gasteiger partial charge < -0.3 is 10.1 Å². The number of nitrogens with one attached hydrogen (secondary N) is 2. The first-order chi connectivity index (χ1) is 11.8. The Labute approximate surface area is 155 Å². The van der Waals surface area contributed by atoms with Crippen LogP contribution in [0.3, 0.4) is 0 Å². The summed E-state index contributed by atoms with van der Waals surface area (Å²) in [6, 6.07) is 12.1. The zero-order chi connectivity index (χ0) is 18.4. The SMILES string of the molecule is CCOc1ccc(S(=O)(=O)N[C@H](C)C(=O)Nc2cccc(Br)c2)cc1. The molecule has 2 aromatic rings. The van der Waals surface area contributed by atoms with Crippen LogP contribution >= 0.6 is 15.9 Å². The molecule has 6 nitrogen and oxygen atoms in total. The predicted octanol–water partition coefficient (Wildman–Crippen LogP) is 3.15. The van der Waals surface area contributed by atoms with E-state index in [9.17, 15) is 13.2 Å². The topological polar surface area (TPSA) is 84.5 Å². The van der Waals surface area contributed by atoms with Crippen LogP contribution in [0.2, 0.25) is 0 Å². The number of amides is 1. The summed E-state index contributed by atoms with van der Waals surface area (Å²) in [5.74, 6) is 0.134. The molecule has 0 aliphatic rings. The minimum Gasteiger partial charge on any atom is -0.494 e. The van der Waals surface area contributed by atoms with Crippen LogP contribution in [0.1, 0.15) is 13.8 Å². The number of carbonyl (C=O) groups is 1. The molecule has 0 unspecified atom stereocenters. The molecule has 0 bridgehead atoms. The summed E-state index contributed by atoms with van der Waals surface area (Å²) < 4.78 is 33.2. The minimum absolute atomic E-state index is 0.0676. The number of halogens is 1. The van der Waals surface area contributed by atoms with Gasteiger partial charge in [0.2, 0.25) is 15.9 Å². The van der Waals surface area contributed by atoms with Gasteiger partial charge in [-0.3, -0.25) is 4.79 Å². The van der Waals surface area contributed by atoms with E-state index in [1.54, 1.807) is 30.3 Å². The van der Waals surface area contributed by atoms with E-state index in [0.717, 1.165) is 4.47 Å². The Morgan fingerprint density at radius 1 is 1.20 bits per heavy atom. The molecular weight excluding hydrogens is 408 g/mol. The zero-order valence-electron chi connectivity index (χ0n) is 13.8. The van der Waals surface area contributed by atoms with Crippen LogP contribution in [-0.4, -0.2) is 27.0 Å². The molecule has 1 atom stereocenters. The molecule has 0 radical (unpaired) electrons. The molecule has 2 aromatic carbocycles. The second-order valence-electron chi connectivity index (χ2n) is 5.25. The molecule has 2 rings (SSSR count). The maximum Gasteiger partial charge on any atom is 0.242 e. The summed E-state index contributed by atoms with van der Waals surface area (Å²) in [6.07, 6.45) is 0. The van der Waals surface area contributed by atoms with Crippen LogP contribution in [0.25, 0.3) is 0 Å². The number of ether oxygens (including phenoxy) is 1. The van der Waals surface area contributed by atoms with Crippen molar-refractivity contribution in [1.29, 1.82) is 0 Å². The van der Waals surface area contributed by atoms with Gasteiger partial charge in [-0.15, -0.1) is 0 Å². The van der Waals surface area contributed by atoms with Crippen molar-refractivity contribution >= 4 is 37.5 Å². The predicted molar refractivity (Wildman–Crippen MR) is 100 cm³/mol. The Morgan fingerprint density at radius 3 is 2.48 bits per heavy atom. The second-order valence-corrected chi connectivity index (χ2v) is 7.88. The van der Waals surface area contributed by atoms with Crippen molar-refractivity contribution in [2.45, 2.75) is 24.8 Å². The van der Waals surface area contributed by atoms with Gasteiger partial charge in [0.25, 0.3) is 0 Å². The number of hydrogen-bond donors (Lipinski definition) is 2. The van der Waals surface area contributed by atoms with Crippen molar-refractivity contribution in [2.75, 3.05) is 11.9 Å². The monoisotopic (exact) mass is 426 g/mol. The van der Waals surface area contributed by atoms with Crippen LogP contribution in [-0.2, 0) is 14.8 Å². The number of benzene rings is 2. The molecule has 0 saturated carbocycles. The van der Waals surface area contributed by atoms with Crippen molar-refractivity contribution in [2.24, 2.45) is 0 Å². The maximum atomic E-state index is 12.4. The fourth-order valence-electron chi connectivity index (χ4n) is 2.05. The van der Waals surface area contributed by atoms with Crippen LogP contribution < -0.4 is 14.8 Å². The Balaban J connectivity index is 2.04. The summed E-state index contributed by atoms with van der Waals surface area (Å²) in [4.78, 5) is 12.3. The Bertz CT molecular complexity index is 838. The normalized spacial score (nSPS) is 12.4. The average molecular weight is 427 g/mol. The number of rotatable bonds is 7. The van der Waals surface area contributed by atoms with Gasteiger partial charge in [0.05, 0.1) is 17.5 Å². The van der Waals surface area contributed by atoms with E-state index in [2.05, 4.69) is 26.0 Å². The lowest BCUT2D eigenvalue weighted by molar-refractivity contribution is -0.117. The fraction of sp³-hybridized carbons (Fsp3) is 0.235. The quantitative estimate of drug-likeness (QED) is 0.711. The molecule has 0 saturated heterocycles. The first-order valence-electron chi connectivity index (χ1n) is 7.63. The maximum absolute atomic E-state index is 12.4. The third-order valence-electron chi connectivity index (χ3n) is 3.26. The van der Waals surface area contributed by atoms with E-state index in [1.165, 1.54) is 19.1 Å². The average Bonchev–Trinajstić information content (AvgIpc) is 2.55. The third-order valence-corrected chi connectivity index (χ3v) is 5.31. The van der Waals surface area contributed by atoms with Crippen molar-refractivity contribution in [3.05, 3.63) is 53.0 Å². The smallest absolute Gasteiger partial charge is 0.242 e. The van der Waals surface area contributed by atoms with E-state index >= 15 is 0 Å². The van der Waals surface area contributed by atoms with Gasteiger partial charge in [-0.1, -0.05) is 22.0 Å². The molecule has 134 valence electrons. The summed E-state index contributed by atoms with van der Waals surface area (Å²) in [6.45, 7) is 3.83. The first kappa shape index (κ1) is 19.4. The van der Waals surface area contributed by atoms with Gasteiger partial charge in [-0.2, -0.15) is 4.72 Å². The molecule has 0 fully saturated rings. The third kappa shape index (κ3) is 5.55. The lowest BCUT2D eigenvalue weighted by Crippen LogP contribution is -2.41. The highest BCUT2D eigenvalue weighted by Gasteiger charge is 2.22. The summed E-state index contributed by atoms with van der Waals surface area (Å²) in [7, 11) is -3.81. The largest absolute Gasteiger partial charge is 0.494 e. The van der Waals surface area contributed by atoms with Crippen LogP contribution in [0.5, 0.6) is 5.75 Å². The van der Waals surface area contributed by atoms with Crippen LogP contribution in [0.15, 0.2) is 57.9 Å². The van der Waals surface area contributed by atoms with Gasteiger partial charge in [0, 0.05) is 10.2 Å². The standard InChI is InChI=1S/C17H19BrN2O4S/c1-3-24-15-7-9-16(10-8-15)25(22,23)20-12(2)17(21)19-14-6-4-5-13(18)11-14/h4-12,20H,3H2,1-2H3,(H,19,21)/t12-/m1/s1. The van der Waals surface area contributed by atoms with E-state index in [-0.39, 0.29) is 4.90 Å². The molecule has 8 heteroatoms. The molecule has 0 aliphatic carbocycles. The Morgan fingerprint density at radius 2 is 1.88 bits per heavy atom. The van der Waals surface area contributed by atoms with E-state index in [1.807, 2.05) is 13.0 Å². The van der Waals surface area contributed by atoms with Crippen LogP contribution in [0.4, 0.5) is 5.69 Å². The Kier molecular flexibility index (Phi) is 6.57. The minimum atomic E-state index is -3.81. The number of hydrogen-bond acceptors (Lipinski definition) is 4. The first-order valence-corrected chi connectivity index (χ1v) is 9.91. The number of anilines is 1. The van der Waals surface area contributed by atoms with E-state index in [0.29, 0.717) is 18.0 Å². The molecular formula is C17H19BrN2O4S. The molecule has 25 heavy (non-hydrogen) atoms. The van der Waals surface area contributed by atoms with Crippen molar-refractivity contribution in [1.82, 2.24) is 4.72 Å². The lowest BCUT2D eigenvalue weighted by atomic mass is 10.3. The fourth-order valence-corrected chi connectivity index (χ4v) is 3.65. The van der Waals surface area contributed by atoms with Gasteiger partial charge in [0.15, 0.2) is 0 Å². The van der Waals surface area contributed by atoms with Crippen LogP contribution in [0, 0.1) is 0 Å². The van der Waals surface area contributed by atoms with Crippen molar-refractivity contribution in [3.8, 4) is 5.75 Å². The molecule has 1 amide bonds. The van der Waals surface area contributed by atoms with Gasteiger partial charge in [-0.05, 0) is 56.3 Å². The van der Waals surface area contributed by atoms with Gasteiger partial charge in [0.1, 0.15) is 5.75 Å².